The molecule has 0 amide bonds. The van der Waals surface area contributed by atoms with Crippen LogP contribution < -0.4 is 10.2 Å². The molecule has 2 N–H and O–H groups in total. The third-order valence-electron chi connectivity index (χ3n) is 3.13. The molecule has 0 aliphatic carbocycles. The molecule has 0 heterocycles. The maximum atomic E-state index is 9.86. The molecule has 1 rings (SSSR count). The number of rotatable bonds is 10. The molecule has 6 heteroatoms. The van der Waals surface area contributed by atoms with Gasteiger partial charge in [-0.05, 0) is 12.1 Å². The average molecular weight is 317 g/mol. The Morgan fingerprint density at radius 2 is 2.10 bits per heavy atom. The second-order valence-corrected chi connectivity index (χ2v) is 5.30. The van der Waals surface area contributed by atoms with E-state index in [1.807, 2.05) is 30.1 Å². The lowest BCUT2D eigenvalue weighted by molar-refractivity contribution is 0.0695. The van der Waals surface area contributed by atoms with Crippen molar-refractivity contribution in [1.29, 1.82) is 0 Å². The lowest BCUT2D eigenvalue weighted by Crippen LogP contribution is -2.33. The number of aliphatic hydroxyl groups excluding tert-OH is 1. The van der Waals surface area contributed by atoms with Crippen LogP contribution in [0.15, 0.2) is 18.2 Å². The molecule has 1 atom stereocenters. The van der Waals surface area contributed by atoms with E-state index in [0.29, 0.717) is 31.3 Å². The van der Waals surface area contributed by atoms with Gasteiger partial charge in [-0.25, -0.2) is 0 Å². The molecular weight excluding hydrogens is 292 g/mol. The van der Waals surface area contributed by atoms with Gasteiger partial charge in [0.05, 0.1) is 19.3 Å². The zero-order chi connectivity index (χ0) is 15.7. The van der Waals surface area contributed by atoms with Crippen LogP contribution in [0.1, 0.15) is 5.56 Å². The number of methoxy groups -OCH3 is 2. The van der Waals surface area contributed by atoms with Crippen LogP contribution in [0.25, 0.3) is 0 Å². The number of aliphatic hydroxyl groups is 1. The Labute approximate surface area is 131 Å². The zero-order valence-corrected chi connectivity index (χ0v) is 13.7. The topological polar surface area (TPSA) is 54.0 Å². The van der Waals surface area contributed by atoms with Gasteiger partial charge in [0.1, 0.15) is 0 Å². The molecule has 0 bridgehead atoms. The lowest BCUT2D eigenvalue weighted by atomic mass is 10.1. The van der Waals surface area contributed by atoms with E-state index in [0.717, 1.165) is 17.8 Å². The summed E-state index contributed by atoms with van der Waals surface area (Å²) in [6, 6.07) is 5.78. The number of halogens is 1. The Hall–Kier alpha value is -0.850. The molecule has 0 saturated carbocycles. The van der Waals surface area contributed by atoms with Crippen molar-refractivity contribution in [3.8, 4) is 0 Å². The molecule has 0 aliphatic rings. The molecule has 0 saturated heterocycles. The molecule has 0 aliphatic heterocycles. The summed E-state index contributed by atoms with van der Waals surface area (Å²) in [5.41, 5.74) is 2.02. The Morgan fingerprint density at radius 3 is 2.76 bits per heavy atom. The minimum Gasteiger partial charge on any atom is -0.389 e. The van der Waals surface area contributed by atoms with E-state index in [2.05, 4.69) is 5.32 Å². The maximum absolute atomic E-state index is 9.86. The molecule has 0 fully saturated rings. The first-order valence-electron chi connectivity index (χ1n) is 6.95. The van der Waals surface area contributed by atoms with E-state index in [4.69, 9.17) is 21.1 Å². The predicted octanol–water partition coefficient (Wildman–Crippen LogP) is 1.52. The minimum absolute atomic E-state index is 0.312. The number of nitrogens with zero attached hydrogens (tertiary/aromatic N) is 1. The third kappa shape index (κ3) is 6.20. The SMILES string of the molecule is COCCNCc1c(Cl)cccc1N(C)CC(O)COC. The quantitative estimate of drug-likeness (QED) is 0.641. The molecule has 0 spiro atoms. The first-order chi connectivity index (χ1) is 10.1. The van der Waals surface area contributed by atoms with Crippen LogP contribution in [-0.4, -0.2) is 58.8 Å². The second-order valence-electron chi connectivity index (χ2n) is 4.90. The molecule has 1 aromatic carbocycles. The van der Waals surface area contributed by atoms with Crippen molar-refractivity contribution in [3.05, 3.63) is 28.8 Å². The van der Waals surface area contributed by atoms with Crippen molar-refractivity contribution in [2.45, 2.75) is 12.6 Å². The highest BCUT2D eigenvalue weighted by Gasteiger charge is 2.14. The van der Waals surface area contributed by atoms with Gasteiger partial charge in [0.15, 0.2) is 0 Å². The summed E-state index contributed by atoms with van der Waals surface area (Å²) in [6.45, 7) is 2.87. The average Bonchev–Trinajstić information content (AvgIpc) is 2.45. The van der Waals surface area contributed by atoms with E-state index in [-0.39, 0.29) is 0 Å². The molecule has 120 valence electrons. The van der Waals surface area contributed by atoms with Crippen LogP contribution in [-0.2, 0) is 16.0 Å². The summed E-state index contributed by atoms with van der Waals surface area (Å²) in [4.78, 5) is 1.99. The van der Waals surface area contributed by atoms with Gasteiger partial charge in [-0.3, -0.25) is 0 Å². The Morgan fingerprint density at radius 1 is 1.33 bits per heavy atom. The number of hydrogen-bond acceptors (Lipinski definition) is 5. The Kier molecular flexibility index (Phi) is 8.64. The summed E-state index contributed by atoms with van der Waals surface area (Å²) < 4.78 is 9.97. The van der Waals surface area contributed by atoms with Gasteiger partial charge < -0.3 is 24.8 Å². The van der Waals surface area contributed by atoms with E-state index in [1.54, 1.807) is 14.2 Å². The predicted molar refractivity (Wildman–Crippen MR) is 86.2 cm³/mol. The number of ether oxygens (including phenoxy) is 2. The molecular formula is C15H25ClN2O3. The standard InChI is InChI=1S/C15H25ClN2O3/c1-18(10-12(19)11-21-3)15-6-4-5-14(16)13(15)9-17-7-8-20-2/h4-6,12,17,19H,7-11H2,1-3H3. The van der Waals surface area contributed by atoms with Gasteiger partial charge in [0, 0.05) is 57.2 Å². The first kappa shape index (κ1) is 18.2. The molecule has 21 heavy (non-hydrogen) atoms. The molecule has 0 aromatic heterocycles. The highest BCUT2D eigenvalue weighted by atomic mass is 35.5. The van der Waals surface area contributed by atoms with E-state index in [1.165, 1.54) is 0 Å². The van der Waals surface area contributed by atoms with Crippen molar-refractivity contribution in [2.75, 3.05) is 52.5 Å². The van der Waals surface area contributed by atoms with E-state index in [9.17, 15) is 5.11 Å². The summed E-state index contributed by atoms with van der Waals surface area (Å²) in [5, 5.41) is 13.9. The number of hydrogen-bond donors (Lipinski definition) is 2. The second kappa shape index (κ2) is 9.97. The normalized spacial score (nSPS) is 12.4. The summed E-state index contributed by atoms with van der Waals surface area (Å²) >= 11 is 6.30. The number of nitrogens with one attached hydrogen (secondary N) is 1. The van der Waals surface area contributed by atoms with Crippen molar-refractivity contribution in [3.63, 3.8) is 0 Å². The van der Waals surface area contributed by atoms with Crippen molar-refractivity contribution < 1.29 is 14.6 Å². The molecule has 1 unspecified atom stereocenters. The number of benzene rings is 1. The van der Waals surface area contributed by atoms with Crippen LogP contribution in [0, 0.1) is 0 Å². The van der Waals surface area contributed by atoms with Gasteiger partial charge in [-0.2, -0.15) is 0 Å². The Balaban J connectivity index is 2.73. The monoisotopic (exact) mass is 316 g/mol. The fourth-order valence-corrected chi connectivity index (χ4v) is 2.36. The smallest absolute Gasteiger partial charge is 0.0947 e. The van der Waals surface area contributed by atoms with Crippen LogP contribution in [0.2, 0.25) is 5.02 Å². The highest BCUT2D eigenvalue weighted by Crippen LogP contribution is 2.27. The molecule has 1 aromatic rings. The molecule has 0 radical (unpaired) electrons. The van der Waals surface area contributed by atoms with Gasteiger partial charge >= 0.3 is 0 Å². The summed E-state index contributed by atoms with van der Waals surface area (Å²) in [6.07, 6.45) is -0.534. The lowest BCUT2D eigenvalue weighted by Gasteiger charge is -2.25. The highest BCUT2D eigenvalue weighted by molar-refractivity contribution is 6.31. The minimum atomic E-state index is -0.534. The Bertz CT molecular complexity index is 418. The van der Waals surface area contributed by atoms with Crippen molar-refractivity contribution >= 4 is 17.3 Å². The van der Waals surface area contributed by atoms with Gasteiger partial charge in [0.2, 0.25) is 0 Å². The number of likely N-dealkylation sites (N-methyl/N-ethyl adjacent to an activating group) is 1. The fraction of sp³-hybridized carbons (Fsp3) is 0.600. The van der Waals surface area contributed by atoms with Crippen LogP contribution in [0.3, 0.4) is 0 Å². The summed E-state index contributed by atoms with van der Waals surface area (Å²) in [7, 11) is 5.19. The van der Waals surface area contributed by atoms with Crippen LogP contribution in [0.4, 0.5) is 5.69 Å². The van der Waals surface area contributed by atoms with Crippen LogP contribution in [0.5, 0.6) is 0 Å². The van der Waals surface area contributed by atoms with Gasteiger partial charge in [-0.1, -0.05) is 17.7 Å². The zero-order valence-electron chi connectivity index (χ0n) is 12.9. The third-order valence-corrected chi connectivity index (χ3v) is 3.49. The van der Waals surface area contributed by atoms with E-state index < -0.39 is 6.10 Å². The van der Waals surface area contributed by atoms with E-state index >= 15 is 0 Å². The van der Waals surface area contributed by atoms with Gasteiger partial charge in [0.25, 0.3) is 0 Å². The first-order valence-corrected chi connectivity index (χ1v) is 7.33. The summed E-state index contributed by atoms with van der Waals surface area (Å²) in [5.74, 6) is 0. The molecule has 5 nitrogen and oxygen atoms in total. The fourth-order valence-electron chi connectivity index (χ4n) is 2.13. The largest absolute Gasteiger partial charge is 0.389 e. The number of anilines is 1. The maximum Gasteiger partial charge on any atom is 0.0947 e. The van der Waals surface area contributed by atoms with Crippen molar-refractivity contribution in [1.82, 2.24) is 5.32 Å². The van der Waals surface area contributed by atoms with Crippen molar-refractivity contribution in [2.24, 2.45) is 0 Å². The van der Waals surface area contributed by atoms with Gasteiger partial charge in [-0.15, -0.1) is 0 Å². The van der Waals surface area contributed by atoms with Crippen LogP contribution >= 0.6 is 11.6 Å².